The van der Waals surface area contributed by atoms with Crippen molar-refractivity contribution in [2.75, 3.05) is 6.61 Å². The van der Waals surface area contributed by atoms with Gasteiger partial charge in [0, 0.05) is 12.5 Å². The van der Waals surface area contributed by atoms with Crippen molar-refractivity contribution in [3.8, 4) is 0 Å². The van der Waals surface area contributed by atoms with Crippen molar-refractivity contribution in [2.45, 2.75) is 18.5 Å². The van der Waals surface area contributed by atoms with Gasteiger partial charge in [-0.25, -0.2) is 17.8 Å². The first-order chi connectivity index (χ1) is 9.58. The molecule has 1 heterocycles. The zero-order chi connectivity index (χ0) is 16.5. The summed E-state index contributed by atoms with van der Waals surface area (Å²) >= 11 is 0. The summed E-state index contributed by atoms with van der Waals surface area (Å²) in [5.74, 6) is -0.362. The van der Waals surface area contributed by atoms with Crippen LogP contribution in [0.15, 0.2) is 31.4 Å². The Hall–Kier alpha value is -1.88. The minimum atomic E-state index is -6.09. The van der Waals surface area contributed by atoms with E-state index in [-0.39, 0.29) is 5.97 Å². The molecule has 1 N–H and O–H groups in total. The van der Waals surface area contributed by atoms with E-state index in [1.54, 1.807) is 0 Å². The van der Waals surface area contributed by atoms with Crippen LogP contribution in [0.2, 0.25) is 0 Å². The molecule has 0 aliphatic rings. The molecule has 0 spiro atoms. The molecule has 0 saturated carbocycles. The topological polar surface area (TPSA) is 103 Å². The van der Waals surface area contributed by atoms with Gasteiger partial charge in [-0.3, -0.25) is 4.98 Å². The maximum Gasteiger partial charge on any atom is 0.485 e. The van der Waals surface area contributed by atoms with Crippen molar-refractivity contribution in [3.05, 3.63) is 31.4 Å². The molecule has 0 aliphatic carbocycles. The maximum absolute atomic E-state index is 10.7. The monoisotopic (exact) mass is 330 g/mol. The van der Waals surface area contributed by atoms with Gasteiger partial charge in [-0.15, -0.1) is 0 Å². The molecular weight excluding hydrogens is 317 g/mol. The third-order valence-electron chi connectivity index (χ3n) is 1.86. The van der Waals surface area contributed by atoms with Crippen molar-refractivity contribution in [1.82, 2.24) is 4.98 Å². The first kappa shape index (κ1) is 19.1. The van der Waals surface area contributed by atoms with Crippen LogP contribution in [0.4, 0.5) is 13.2 Å². The quantitative estimate of drug-likeness (QED) is 0.211. The minimum absolute atomic E-state index is 0.362. The molecule has 0 saturated heterocycles. The lowest BCUT2D eigenvalue weighted by atomic mass is 10.4. The van der Waals surface area contributed by atoms with Crippen molar-refractivity contribution in [1.29, 1.82) is 0 Å². The standard InChI is InChI=1S/C9H12N2O2.CHF3O3S/c1-2-9(12)13-7-3-5-11-6-4-10-8-11;2-1(3,4)8(5,6)7/h2,4,6,8H,1,3,5,7H2;(H,5,6,7). The van der Waals surface area contributed by atoms with E-state index >= 15 is 0 Å². The SMILES string of the molecule is C=CC(=O)OCCC[n+]1cc[nH]c1.O=S(=O)([O-])C(F)(F)F. The van der Waals surface area contributed by atoms with E-state index in [0.29, 0.717) is 6.61 Å². The Labute approximate surface area is 118 Å². The Morgan fingerprint density at radius 1 is 1.48 bits per heavy atom. The number of carbonyl (C=O) groups excluding carboxylic acids is 1. The highest BCUT2D eigenvalue weighted by Gasteiger charge is 2.36. The molecular formula is C10H13F3N2O5S. The van der Waals surface area contributed by atoms with E-state index < -0.39 is 15.6 Å². The molecule has 0 amide bonds. The Balaban J connectivity index is 0.000000433. The molecule has 0 bridgehead atoms. The molecule has 1 aromatic rings. The number of nitrogens with zero attached hydrogens (tertiary/aromatic N) is 1. The molecule has 21 heavy (non-hydrogen) atoms. The molecule has 0 aliphatic heterocycles. The van der Waals surface area contributed by atoms with Crippen LogP contribution in [0, 0.1) is 0 Å². The van der Waals surface area contributed by atoms with Crippen LogP contribution in [0.3, 0.4) is 0 Å². The van der Waals surface area contributed by atoms with Crippen LogP contribution in [-0.4, -0.2) is 36.0 Å². The molecule has 0 unspecified atom stereocenters. The van der Waals surface area contributed by atoms with Gasteiger partial charge in [-0.2, -0.15) is 13.2 Å². The number of aryl methyl sites for hydroxylation is 1. The Kier molecular flexibility index (Phi) is 7.66. The summed E-state index contributed by atoms with van der Waals surface area (Å²) in [7, 11) is -6.09. The zero-order valence-electron chi connectivity index (χ0n) is 10.7. The normalized spacial score (nSPS) is 11.2. The van der Waals surface area contributed by atoms with Crippen LogP contribution in [0.25, 0.3) is 0 Å². The molecule has 1 rings (SSSR count). The van der Waals surface area contributed by atoms with Gasteiger partial charge in [-0.05, 0) is 0 Å². The first-order valence-corrected chi connectivity index (χ1v) is 6.82. The van der Waals surface area contributed by atoms with Gasteiger partial charge in [0.05, 0.1) is 13.2 Å². The van der Waals surface area contributed by atoms with Crippen molar-refractivity contribution < 1.29 is 40.2 Å². The zero-order valence-corrected chi connectivity index (χ0v) is 11.5. The fraction of sp³-hybridized carbons (Fsp3) is 0.400. The third-order valence-corrected chi connectivity index (χ3v) is 2.42. The number of hydrogen-bond acceptors (Lipinski definition) is 5. The lowest BCUT2D eigenvalue weighted by Crippen LogP contribution is -2.31. The number of H-pyrrole nitrogens is 1. The number of imidazole rings is 1. The number of alkyl halides is 3. The number of carbonyl (C=O) groups is 1. The van der Waals surface area contributed by atoms with Crippen molar-refractivity contribution in [2.24, 2.45) is 0 Å². The average molecular weight is 330 g/mol. The van der Waals surface area contributed by atoms with Gasteiger partial charge in [-0.1, -0.05) is 6.58 Å². The molecule has 11 heteroatoms. The van der Waals surface area contributed by atoms with Crippen LogP contribution < -0.4 is 4.57 Å². The lowest BCUT2D eigenvalue weighted by molar-refractivity contribution is -0.696. The highest BCUT2D eigenvalue weighted by Crippen LogP contribution is 2.20. The largest absolute Gasteiger partial charge is 0.741 e. The van der Waals surface area contributed by atoms with Crippen LogP contribution in [-0.2, 0) is 26.2 Å². The molecule has 0 atom stereocenters. The van der Waals surface area contributed by atoms with Gasteiger partial charge in [0.25, 0.3) is 0 Å². The van der Waals surface area contributed by atoms with Crippen molar-refractivity contribution >= 4 is 16.1 Å². The fourth-order valence-corrected chi connectivity index (χ4v) is 0.938. The molecule has 7 nitrogen and oxygen atoms in total. The number of hydrogen-bond donors (Lipinski definition) is 1. The summed E-state index contributed by atoms with van der Waals surface area (Å²) in [6.45, 7) is 4.58. The first-order valence-electron chi connectivity index (χ1n) is 5.41. The number of aromatic nitrogens is 2. The summed E-state index contributed by atoms with van der Waals surface area (Å²) in [5.41, 5.74) is -5.65. The Morgan fingerprint density at radius 3 is 2.43 bits per heavy atom. The summed E-state index contributed by atoms with van der Waals surface area (Å²) in [5, 5.41) is 0. The fourth-order valence-electron chi connectivity index (χ4n) is 0.938. The van der Waals surface area contributed by atoms with E-state index in [1.165, 1.54) is 6.08 Å². The maximum atomic E-state index is 10.7. The van der Waals surface area contributed by atoms with E-state index in [4.69, 9.17) is 17.7 Å². The predicted octanol–water partition coefficient (Wildman–Crippen LogP) is 0.473. The van der Waals surface area contributed by atoms with Crippen LogP contribution in [0.1, 0.15) is 6.42 Å². The van der Waals surface area contributed by atoms with Gasteiger partial charge in [0.15, 0.2) is 10.1 Å². The number of esters is 1. The van der Waals surface area contributed by atoms with Gasteiger partial charge < -0.3 is 9.29 Å². The number of rotatable bonds is 5. The lowest BCUT2D eigenvalue weighted by Gasteiger charge is -2.08. The highest BCUT2D eigenvalue weighted by atomic mass is 32.2. The van der Waals surface area contributed by atoms with Crippen LogP contribution in [0.5, 0.6) is 0 Å². The van der Waals surface area contributed by atoms with Gasteiger partial charge in [0.1, 0.15) is 12.4 Å². The number of halogens is 3. The molecule has 0 aromatic carbocycles. The molecule has 0 fully saturated rings. The second kappa shape index (κ2) is 8.42. The smallest absolute Gasteiger partial charge is 0.485 e. The third kappa shape index (κ3) is 8.81. The Bertz CT molecular complexity index is 540. The number of aromatic amines is 1. The van der Waals surface area contributed by atoms with Gasteiger partial charge >= 0.3 is 11.5 Å². The molecule has 1 aromatic heterocycles. The van der Waals surface area contributed by atoms with E-state index in [0.717, 1.165) is 13.0 Å². The summed E-state index contributed by atoms with van der Waals surface area (Å²) < 4.78 is 65.7. The Morgan fingerprint density at radius 2 is 2.05 bits per heavy atom. The summed E-state index contributed by atoms with van der Waals surface area (Å²) in [4.78, 5) is 13.5. The van der Waals surface area contributed by atoms with E-state index in [9.17, 15) is 18.0 Å². The summed E-state index contributed by atoms with van der Waals surface area (Å²) in [6.07, 6.45) is 7.60. The predicted molar refractivity (Wildman–Crippen MR) is 62.5 cm³/mol. The van der Waals surface area contributed by atoms with E-state index in [2.05, 4.69) is 11.6 Å². The van der Waals surface area contributed by atoms with Gasteiger partial charge in [0.2, 0.25) is 6.33 Å². The van der Waals surface area contributed by atoms with Crippen molar-refractivity contribution in [3.63, 3.8) is 0 Å². The molecule has 120 valence electrons. The summed E-state index contributed by atoms with van der Waals surface area (Å²) in [6, 6.07) is 0. The minimum Gasteiger partial charge on any atom is -0.741 e. The number of ether oxygens (including phenoxy) is 1. The average Bonchev–Trinajstić information content (AvgIpc) is 2.85. The number of nitrogens with one attached hydrogen (secondary N) is 1. The second-order valence-corrected chi connectivity index (χ2v) is 4.85. The second-order valence-electron chi connectivity index (χ2n) is 3.47. The van der Waals surface area contributed by atoms with Crippen LogP contribution >= 0.6 is 0 Å². The highest BCUT2D eigenvalue weighted by molar-refractivity contribution is 7.86. The molecule has 0 radical (unpaired) electrons. The van der Waals surface area contributed by atoms with E-state index in [1.807, 2.05) is 23.3 Å².